The molecule has 0 bridgehead atoms. The molecule has 2 unspecified atom stereocenters. The van der Waals surface area contributed by atoms with E-state index >= 15 is 0 Å². The largest absolute Gasteiger partial charge is 0.479 e. The van der Waals surface area contributed by atoms with Crippen LogP contribution >= 0.6 is 15.9 Å². The van der Waals surface area contributed by atoms with Crippen molar-refractivity contribution in [2.75, 3.05) is 14.1 Å². The minimum atomic E-state index is -1.00. The van der Waals surface area contributed by atoms with Crippen LogP contribution < -0.4 is 4.74 Å². The summed E-state index contributed by atoms with van der Waals surface area (Å²) in [5.41, 5.74) is 0.616. The van der Waals surface area contributed by atoms with E-state index in [1.807, 2.05) is 18.2 Å². The van der Waals surface area contributed by atoms with Gasteiger partial charge in [-0.2, -0.15) is 0 Å². The molecule has 0 aliphatic carbocycles. The number of hydrogen-bond donors (Lipinski definition) is 0. The van der Waals surface area contributed by atoms with E-state index in [-0.39, 0.29) is 5.91 Å². The molecule has 0 aliphatic heterocycles. The molecule has 0 saturated carbocycles. The fourth-order valence-electron chi connectivity index (χ4n) is 2.10. The van der Waals surface area contributed by atoms with Crippen LogP contribution in [0.3, 0.4) is 0 Å². The molecule has 2 rings (SSSR count). The average molecular weight is 406 g/mol. The Balaban J connectivity index is 2.10. The predicted octanol–water partition coefficient (Wildman–Crippen LogP) is 3.59. The average Bonchev–Trinajstić information content (AvgIpc) is 2.61. The Morgan fingerprint density at radius 2 is 1.60 bits per heavy atom. The fourth-order valence-corrected chi connectivity index (χ4v) is 2.37. The molecule has 25 heavy (non-hydrogen) atoms. The van der Waals surface area contributed by atoms with Gasteiger partial charge in [-0.05, 0) is 31.2 Å². The van der Waals surface area contributed by atoms with E-state index in [4.69, 9.17) is 9.47 Å². The van der Waals surface area contributed by atoms with Crippen molar-refractivity contribution in [1.29, 1.82) is 0 Å². The molecule has 0 fully saturated rings. The zero-order chi connectivity index (χ0) is 18.4. The SMILES string of the molecule is CC(Oc1ccc(Br)cc1)C(=O)OC(C(=O)N(C)C)c1ccccc1. The number of likely N-dealkylation sites (N-methyl/N-ethyl adjacent to an activating group) is 1. The lowest BCUT2D eigenvalue weighted by Crippen LogP contribution is -2.35. The molecule has 6 heteroatoms. The van der Waals surface area contributed by atoms with Crippen LogP contribution in [0.4, 0.5) is 0 Å². The lowest BCUT2D eigenvalue weighted by Gasteiger charge is -2.23. The van der Waals surface area contributed by atoms with Gasteiger partial charge in [0.15, 0.2) is 6.10 Å². The van der Waals surface area contributed by atoms with Gasteiger partial charge in [-0.1, -0.05) is 46.3 Å². The van der Waals surface area contributed by atoms with Crippen molar-refractivity contribution in [2.45, 2.75) is 19.1 Å². The molecule has 5 nitrogen and oxygen atoms in total. The second-order valence-corrected chi connectivity index (χ2v) is 6.59. The Hall–Kier alpha value is -2.34. The first-order chi connectivity index (χ1) is 11.9. The highest BCUT2D eigenvalue weighted by atomic mass is 79.9. The number of benzene rings is 2. The number of nitrogens with zero attached hydrogens (tertiary/aromatic N) is 1. The molecule has 2 atom stereocenters. The quantitative estimate of drug-likeness (QED) is 0.689. The van der Waals surface area contributed by atoms with E-state index in [0.29, 0.717) is 11.3 Å². The van der Waals surface area contributed by atoms with E-state index in [1.54, 1.807) is 57.4 Å². The van der Waals surface area contributed by atoms with Crippen molar-refractivity contribution in [2.24, 2.45) is 0 Å². The highest BCUT2D eigenvalue weighted by Crippen LogP contribution is 2.22. The first-order valence-corrected chi connectivity index (χ1v) is 8.56. The molecule has 0 spiro atoms. The standard InChI is InChI=1S/C19H20BrNO4/c1-13(24-16-11-9-15(20)10-12-16)19(23)25-17(18(22)21(2)3)14-7-5-4-6-8-14/h4-13,17H,1-3H3. The summed E-state index contributed by atoms with van der Waals surface area (Å²) in [7, 11) is 3.24. The van der Waals surface area contributed by atoms with Crippen LogP contribution in [0, 0.1) is 0 Å². The summed E-state index contributed by atoms with van der Waals surface area (Å²) in [6, 6.07) is 16.0. The summed E-state index contributed by atoms with van der Waals surface area (Å²) in [6.07, 6.45) is -1.85. The van der Waals surface area contributed by atoms with E-state index in [2.05, 4.69) is 15.9 Å². The Morgan fingerprint density at radius 3 is 2.16 bits per heavy atom. The Kier molecular flexibility index (Phi) is 6.58. The van der Waals surface area contributed by atoms with Gasteiger partial charge in [0.05, 0.1) is 0 Å². The van der Waals surface area contributed by atoms with Crippen LogP contribution in [0.1, 0.15) is 18.6 Å². The van der Waals surface area contributed by atoms with Crippen LogP contribution in [-0.4, -0.2) is 37.0 Å². The van der Waals surface area contributed by atoms with E-state index in [1.165, 1.54) is 4.90 Å². The number of hydrogen-bond acceptors (Lipinski definition) is 4. The lowest BCUT2D eigenvalue weighted by molar-refractivity contribution is -0.165. The minimum absolute atomic E-state index is 0.310. The molecule has 132 valence electrons. The Labute approximate surface area is 155 Å². The topological polar surface area (TPSA) is 55.8 Å². The molecule has 0 N–H and O–H groups in total. The Morgan fingerprint density at radius 1 is 1.00 bits per heavy atom. The zero-order valence-electron chi connectivity index (χ0n) is 14.3. The predicted molar refractivity (Wildman–Crippen MR) is 98.2 cm³/mol. The summed E-state index contributed by atoms with van der Waals surface area (Å²) >= 11 is 3.34. The molecule has 1 amide bonds. The number of halogens is 1. The number of rotatable bonds is 6. The number of carbonyl (C=O) groups excluding carboxylic acids is 2. The fraction of sp³-hybridized carbons (Fsp3) is 0.263. The van der Waals surface area contributed by atoms with Crippen molar-refractivity contribution in [3.8, 4) is 5.75 Å². The normalized spacial score (nSPS) is 12.8. The smallest absolute Gasteiger partial charge is 0.348 e. The second kappa shape index (κ2) is 8.67. The first kappa shape index (κ1) is 19.0. The molecule has 0 aliphatic rings. The van der Waals surface area contributed by atoms with Crippen LogP contribution in [0.25, 0.3) is 0 Å². The van der Waals surface area contributed by atoms with Gasteiger partial charge in [-0.15, -0.1) is 0 Å². The van der Waals surface area contributed by atoms with Crippen molar-refractivity contribution in [3.05, 3.63) is 64.6 Å². The Bertz CT molecular complexity index is 716. The van der Waals surface area contributed by atoms with Gasteiger partial charge in [0.1, 0.15) is 5.75 Å². The second-order valence-electron chi connectivity index (χ2n) is 5.67. The van der Waals surface area contributed by atoms with Gasteiger partial charge in [0.25, 0.3) is 5.91 Å². The zero-order valence-corrected chi connectivity index (χ0v) is 15.9. The third-order valence-corrected chi connectivity index (χ3v) is 3.99. The van der Waals surface area contributed by atoms with E-state index in [9.17, 15) is 9.59 Å². The van der Waals surface area contributed by atoms with Crippen molar-refractivity contribution < 1.29 is 19.1 Å². The van der Waals surface area contributed by atoms with Crippen molar-refractivity contribution in [3.63, 3.8) is 0 Å². The van der Waals surface area contributed by atoms with Crippen LogP contribution in [-0.2, 0) is 14.3 Å². The molecular formula is C19H20BrNO4. The van der Waals surface area contributed by atoms with Crippen molar-refractivity contribution >= 4 is 27.8 Å². The van der Waals surface area contributed by atoms with Gasteiger partial charge in [0, 0.05) is 24.1 Å². The molecule has 0 radical (unpaired) electrons. The van der Waals surface area contributed by atoms with E-state index < -0.39 is 18.2 Å². The van der Waals surface area contributed by atoms with Crippen molar-refractivity contribution in [1.82, 2.24) is 4.90 Å². The maximum absolute atomic E-state index is 12.4. The highest BCUT2D eigenvalue weighted by Gasteiger charge is 2.29. The summed E-state index contributed by atoms with van der Waals surface area (Å²) in [4.78, 5) is 26.2. The molecule has 2 aromatic carbocycles. The molecular weight excluding hydrogens is 386 g/mol. The number of amides is 1. The van der Waals surface area contributed by atoms with Gasteiger partial charge in [-0.3, -0.25) is 4.79 Å². The number of esters is 1. The summed E-state index contributed by atoms with van der Waals surface area (Å²) in [6.45, 7) is 1.59. The number of carbonyl (C=O) groups is 2. The molecule has 0 heterocycles. The molecule has 2 aromatic rings. The summed E-state index contributed by atoms with van der Waals surface area (Å²) < 4.78 is 12.0. The van der Waals surface area contributed by atoms with Gasteiger partial charge in [0.2, 0.25) is 6.10 Å². The molecule has 0 aromatic heterocycles. The number of ether oxygens (including phenoxy) is 2. The van der Waals surface area contributed by atoms with Gasteiger partial charge < -0.3 is 14.4 Å². The van der Waals surface area contributed by atoms with Gasteiger partial charge >= 0.3 is 5.97 Å². The monoisotopic (exact) mass is 405 g/mol. The molecule has 0 saturated heterocycles. The summed E-state index contributed by atoms with van der Waals surface area (Å²) in [5, 5.41) is 0. The van der Waals surface area contributed by atoms with Crippen LogP contribution in [0.15, 0.2) is 59.1 Å². The maximum Gasteiger partial charge on any atom is 0.348 e. The highest BCUT2D eigenvalue weighted by molar-refractivity contribution is 9.10. The lowest BCUT2D eigenvalue weighted by atomic mass is 10.1. The minimum Gasteiger partial charge on any atom is -0.479 e. The van der Waals surface area contributed by atoms with Gasteiger partial charge in [-0.25, -0.2) is 4.79 Å². The first-order valence-electron chi connectivity index (χ1n) is 7.77. The third-order valence-electron chi connectivity index (χ3n) is 3.46. The maximum atomic E-state index is 12.4. The van der Waals surface area contributed by atoms with Crippen LogP contribution in [0.5, 0.6) is 5.75 Å². The van der Waals surface area contributed by atoms with E-state index in [0.717, 1.165) is 4.47 Å². The van der Waals surface area contributed by atoms with Crippen LogP contribution in [0.2, 0.25) is 0 Å². The third kappa shape index (κ3) is 5.32. The summed E-state index contributed by atoms with van der Waals surface area (Å²) in [5.74, 6) is -0.370.